The second-order valence-corrected chi connectivity index (χ2v) is 8.64. The third-order valence-electron chi connectivity index (χ3n) is 6.12. The van der Waals surface area contributed by atoms with E-state index in [1.165, 1.54) is 29.2 Å². The second kappa shape index (κ2) is 8.40. The lowest BCUT2D eigenvalue weighted by Gasteiger charge is -2.28. The first-order valence-corrected chi connectivity index (χ1v) is 10.3. The maximum atomic E-state index is 13.0. The smallest absolute Gasteiger partial charge is 0.395 e. The first-order chi connectivity index (χ1) is 15.5. The summed E-state index contributed by atoms with van der Waals surface area (Å²) in [6.45, 7) is 2.00. The quantitative estimate of drug-likeness (QED) is 0.459. The van der Waals surface area contributed by atoms with E-state index in [0.29, 0.717) is 23.1 Å². The molecule has 11 heteroatoms. The van der Waals surface area contributed by atoms with Crippen LogP contribution in [0.15, 0.2) is 41.6 Å². The fraction of sp³-hybridized carbons (Fsp3) is 0.409. The first kappa shape index (κ1) is 23.1. The lowest BCUT2D eigenvalue weighted by Crippen LogP contribution is -2.40. The number of fused-ring (bicyclic) bond motifs is 1. The molecule has 2 aromatic heterocycles. The molecule has 1 aliphatic heterocycles. The highest BCUT2D eigenvalue weighted by Crippen LogP contribution is 2.35. The molecule has 1 saturated heterocycles. The van der Waals surface area contributed by atoms with Gasteiger partial charge in [0.1, 0.15) is 17.4 Å². The van der Waals surface area contributed by atoms with Gasteiger partial charge in [0, 0.05) is 36.8 Å². The number of nitrogens with zero attached hydrogens (tertiary/aromatic N) is 3. The van der Waals surface area contributed by atoms with Gasteiger partial charge in [-0.15, -0.1) is 0 Å². The van der Waals surface area contributed by atoms with E-state index in [0.717, 1.165) is 12.1 Å². The van der Waals surface area contributed by atoms with Crippen LogP contribution in [0.4, 0.5) is 19.0 Å². The van der Waals surface area contributed by atoms with E-state index in [1.54, 1.807) is 7.05 Å². The predicted octanol–water partition coefficient (Wildman–Crippen LogP) is 2.11. The number of alkyl halides is 3. The van der Waals surface area contributed by atoms with Crippen molar-refractivity contribution in [2.75, 3.05) is 18.5 Å². The molecule has 176 valence electrons. The summed E-state index contributed by atoms with van der Waals surface area (Å²) in [4.78, 5) is 21.7. The van der Waals surface area contributed by atoms with Crippen LogP contribution in [-0.4, -0.2) is 50.2 Å². The average Bonchev–Trinajstić information content (AvgIpc) is 3.08. The lowest BCUT2D eigenvalue weighted by molar-refractivity contribution is -0.137. The van der Waals surface area contributed by atoms with E-state index in [4.69, 9.17) is 0 Å². The van der Waals surface area contributed by atoms with Crippen molar-refractivity contribution in [1.29, 1.82) is 0 Å². The minimum atomic E-state index is -4.45. The van der Waals surface area contributed by atoms with Gasteiger partial charge in [-0.05, 0) is 24.1 Å². The Morgan fingerprint density at radius 3 is 2.58 bits per heavy atom. The highest BCUT2D eigenvalue weighted by molar-refractivity contribution is 5.98. The number of aliphatic hydroxyl groups is 2. The number of hydrogen-bond donors (Lipinski definition) is 4. The fourth-order valence-corrected chi connectivity index (χ4v) is 4.13. The highest BCUT2D eigenvalue weighted by atomic mass is 19.4. The van der Waals surface area contributed by atoms with Gasteiger partial charge in [0.15, 0.2) is 0 Å². The van der Waals surface area contributed by atoms with Crippen molar-refractivity contribution in [1.82, 2.24) is 19.9 Å². The molecule has 0 aliphatic carbocycles. The molecule has 0 saturated carbocycles. The Morgan fingerprint density at radius 1 is 1.27 bits per heavy atom. The number of aryl methyl sites for hydroxylation is 1. The second-order valence-electron chi connectivity index (χ2n) is 8.64. The summed E-state index contributed by atoms with van der Waals surface area (Å²) in [5.41, 5.74) is -0.590. The summed E-state index contributed by atoms with van der Waals surface area (Å²) in [5.74, 6) is 0.259. The Hall–Kier alpha value is -3.02. The van der Waals surface area contributed by atoms with Gasteiger partial charge in [-0.3, -0.25) is 10.1 Å². The summed E-state index contributed by atoms with van der Waals surface area (Å²) in [5, 5.41) is 26.0. The summed E-state index contributed by atoms with van der Waals surface area (Å²) in [6.07, 6.45) is -2.00. The van der Waals surface area contributed by atoms with Crippen LogP contribution in [0.2, 0.25) is 0 Å². The maximum absolute atomic E-state index is 13.0. The molecule has 1 aromatic carbocycles. The van der Waals surface area contributed by atoms with Crippen molar-refractivity contribution in [2.24, 2.45) is 12.5 Å². The molecule has 4 N–H and O–H groups in total. The van der Waals surface area contributed by atoms with Gasteiger partial charge in [-0.1, -0.05) is 19.1 Å². The fourth-order valence-electron chi connectivity index (χ4n) is 4.13. The van der Waals surface area contributed by atoms with Gasteiger partial charge in [-0.25, -0.2) is 9.97 Å². The van der Waals surface area contributed by atoms with E-state index >= 15 is 0 Å². The first-order valence-electron chi connectivity index (χ1n) is 10.3. The number of aliphatic hydroxyl groups excluding tert-OH is 2. The standard InChI is InChI=1S/C22H24F3N5O3/c1-21(7-14(9-31)29-20(21)33)10-27-18-16-17(28-11-30(2)19(16)32)15(8-26-18)12-3-5-13(6-4-12)22(23,24)25/h3-6,8,11,14,20,29,31,33H,7,9-10H2,1-2H3,(H,26,27)/t14-,20?,21-/m0/s1. The van der Waals surface area contributed by atoms with Crippen molar-refractivity contribution >= 4 is 16.7 Å². The van der Waals surface area contributed by atoms with Gasteiger partial charge in [0.25, 0.3) is 5.56 Å². The molecule has 1 fully saturated rings. The molecule has 3 heterocycles. The molecule has 8 nitrogen and oxygen atoms in total. The monoisotopic (exact) mass is 463 g/mol. The van der Waals surface area contributed by atoms with Crippen LogP contribution in [0, 0.1) is 5.41 Å². The molecule has 3 atom stereocenters. The van der Waals surface area contributed by atoms with Crippen LogP contribution in [0.25, 0.3) is 22.0 Å². The largest absolute Gasteiger partial charge is 0.416 e. The zero-order chi connectivity index (χ0) is 24.0. The Bertz CT molecular complexity index is 1230. The molecule has 0 spiro atoms. The van der Waals surface area contributed by atoms with Crippen LogP contribution in [-0.2, 0) is 13.2 Å². The third kappa shape index (κ3) is 4.31. The van der Waals surface area contributed by atoms with Gasteiger partial charge in [-0.2, -0.15) is 13.2 Å². The molecular weight excluding hydrogens is 439 g/mol. The van der Waals surface area contributed by atoms with Crippen molar-refractivity contribution in [2.45, 2.75) is 31.8 Å². The number of hydrogen-bond acceptors (Lipinski definition) is 7. The normalized spacial score (nSPS) is 23.2. The summed E-state index contributed by atoms with van der Waals surface area (Å²) in [6, 6.07) is 4.35. The molecule has 0 amide bonds. The van der Waals surface area contributed by atoms with E-state index in [1.807, 2.05) is 6.92 Å². The molecule has 3 aromatic rings. The van der Waals surface area contributed by atoms with Crippen molar-refractivity contribution < 1.29 is 23.4 Å². The van der Waals surface area contributed by atoms with E-state index < -0.39 is 23.4 Å². The molecule has 0 radical (unpaired) electrons. The Morgan fingerprint density at radius 2 is 1.97 bits per heavy atom. The molecule has 4 rings (SSSR count). The summed E-state index contributed by atoms with van der Waals surface area (Å²) < 4.78 is 40.1. The number of nitrogens with one attached hydrogen (secondary N) is 2. The Kier molecular flexibility index (Phi) is 5.89. The van der Waals surface area contributed by atoms with Crippen molar-refractivity contribution in [3.8, 4) is 11.1 Å². The van der Waals surface area contributed by atoms with Crippen molar-refractivity contribution in [3.05, 3.63) is 52.7 Å². The Balaban J connectivity index is 1.73. The maximum Gasteiger partial charge on any atom is 0.416 e. The van der Waals surface area contributed by atoms with Crippen LogP contribution < -0.4 is 16.2 Å². The molecule has 33 heavy (non-hydrogen) atoms. The molecule has 1 aliphatic rings. The van der Waals surface area contributed by atoms with E-state index in [-0.39, 0.29) is 36.0 Å². The number of rotatable bonds is 5. The molecule has 1 unspecified atom stereocenters. The highest BCUT2D eigenvalue weighted by Gasteiger charge is 2.42. The van der Waals surface area contributed by atoms with E-state index in [9.17, 15) is 28.2 Å². The number of aromatic nitrogens is 3. The predicted molar refractivity (Wildman–Crippen MR) is 116 cm³/mol. The summed E-state index contributed by atoms with van der Waals surface area (Å²) in [7, 11) is 1.54. The van der Waals surface area contributed by atoms with Gasteiger partial charge >= 0.3 is 6.18 Å². The SMILES string of the molecule is Cn1cnc2c(-c3ccc(C(F)(F)F)cc3)cnc(NC[C@]3(C)C[C@@H](CO)NC3O)c2c1=O. The average molecular weight is 463 g/mol. The zero-order valence-electron chi connectivity index (χ0n) is 18.0. The van der Waals surface area contributed by atoms with Crippen LogP contribution >= 0.6 is 0 Å². The zero-order valence-corrected chi connectivity index (χ0v) is 18.0. The number of benzene rings is 1. The third-order valence-corrected chi connectivity index (χ3v) is 6.12. The van der Waals surface area contributed by atoms with Crippen molar-refractivity contribution in [3.63, 3.8) is 0 Å². The molecule has 0 bridgehead atoms. The van der Waals surface area contributed by atoms with Gasteiger partial charge < -0.3 is 20.1 Å². The lowest BCUT2D eigenvalue weighted by atomic mass is 9.86. The van der Waals surface area contributed by atoms with Crippen LogP contribution in [0.5, 0.6) is 0 Å². The number of halogens is 3. The summed E-state index contributed by atoms with van der Waals surface area (Å²) >= 11 is 0. The van der Waals surface area contributed by atoms with E-state index in [2.05, 4.69) is 20.6 Å². The Labute approximate surface area is 187 Å². The van der Waals surface area contributed by atoms with Crippen LogP contribution in [0.1, 0.15) is 18.9 Å². The minimum Gasteiger partial charge on any atom is -0.395 e. The van der Waals surface area contributed by atoms with Gasteiger partial charge in [0.05, 0.1) is 24.0 Å². The van der Waals surface area contributed by atoms with Crippen LogP contribution in [0.3, 0.4) is 0 Å². The number of pyridine rings is 1. The molecular formula is C22H24F3N5O3. The number of anilines is 1. The topological polar surface area (TPSA) is 112 Å². The minimum absolute atomic E-state index is 0.111. The van der Waals surface area contributed by atoms with Gasteiger partial charge in [0.2, 0.25) is 0 Å².